The van der Waals surface area contributed by atoms with Crippen molar-refractivity contribution in [3.63, 3.8) is 0 Å². The highest BCUT2D eigenvalue weighted by Crippen LogP contribution is 2.50. The van der Waals surface area contributed by atoms with E-state index in [0.717, 1.165) is 32.1 Å². The van der Waals surface area contributed by atoms with Gasteiger partial charge in [0, 0.05) is 17.5 Å². The molecule has 0 amide bonds. The Hall–Kier alpha value is -2.80. The molecule has 5 atom stereocenters. The number of carboxylic acids is 2. The Morgan fingerprint density at radius 1 is 0.811 bits per heavy atom. The molecule has 0 unspecified atom stereocenters. The van der Waals surface area contributed by atoms with E-state index in [1.165, 1.54) is 14.2 Å². The molecule has 12 heteroatoms. The van der Waals surface area contributed by atoms with Crippen molar-refractivity contribution in [2.75, 3.05) is 14.2 Å². The maximum absolute atomic E-state index is 11.5. The van der Waals surface area contributed by atoms with E-state index in [1.54, 1.807) is 6.92 Å². The Morgan fingerprint density at radius 3 is 1.92 bits per heavy atom. The van der Waals surface area contributed by atoms with Crippen molar-refractivity contribution in [1.82, 2.24) is 0 Å². The van der Waals surface area contributed by atoms with Gasteiger partial charge < -0.3 is 49.6 Å². The van der Waals surface area contributed by atoms with Crippen LogP contribution in [0.25, 0.3) is 0 Å². The number of benzene rings is 1. The zero-order valence-corrected chi connectivity index (χ0v) is 21.4. The van der Waals surface area contributed by atoms with E-state index in [9.17, 15) is 35.1 Å². The number of unbranched alkanes of at least 4 members (excludes halogenated alkanes) is 6. The summed E-state index contributed by atoms with van der Waals surface area (Å²) in [6, 6.07) is 0. The number of phenolic OH excluding ortho intramolecular Hbond substituents is 1. The molecular formula is C25H38O12. The minimum atomic E-state index is -1.87. The lowest BCUT2D eigenvalue weighted by Crippen LogP contribution is -2.61. The fourth-order valence-electron chi connectivity index (χ4n) is 4.36. The maximum Gasteiger partial charge on any atom is 0.335 e. The van der Waals surface area contributed by atoms with Crippen LogP contribution in [0.15, 0.2) is 0 Å². The van der Waals surface area contributed by atoms with Crippen LogP contribution in [0.5, 0.6) is 23.0 Å². The van der Waals surface area contributed by atoms with E-state index in [0.29, 0.717) is 30.4 Å². The number of phenols is 1. The first-order valence-corrected chi connectivity index (χ1v) is 12.3. The summed E-state index contributed by atoms with van der Waals surface area (Å²) in [5, 5.41) is 59.3. The second kappa shape index (κ2) is 14.2. The van der Waals surface area contributed by atoms with Crippen LogP contribution in [0.3, 0.4) is 0 Å². The summed E-state index contributed by atoms with van der Waals surface area (Å²) in [6.45, 7) is 1.65. The summed E-state index contributed by atoms with van der Waals surface area (Å²) in [7, 11) is 2.65. The van der Waals surface area contributed by atoms with Crippen LogP contribution in [0.4, 0.5) is 0 Å². The largest absolute Gasteiger partial charge is 0.504 e. The molecule has 2 rings (SSSR count). The molecule has 1 aliphatic heterocycles. The summed E-state index contributed by atoms with van der Waals surface area (Å²) in [5.41, 5.74) is 0.960. The Kier molecular flexibility index (Phi) is 11.7. The van der Waals surface area contributed by atoms with Crippen molar-refractivity contribution in [3.05, 3.63) is 11.1 Å². The van der Waals surface area contributed by atoms with E-state index in [4.69, 9.17) is 24.1 Å². The lowest BCUT2D eigenvalue weighted by atomic mass is 9.97. The van der Waals surface area contributed by atoms with Crippen LogP contribution in [-0.4, -0.2) is 87.5 Å². The summed E-state index contributed by atoms with van der Waals surface area (Å²) in [6.07, 6.45) is -2.49. The zero-order chi connectivity index (χ0) is 27.7. The molecule has 1 aromatic rings. The molecule has 0 saturated carbocycles. The average Bonchev–Trinajstić information content (AvgIpc) is 2.85. The van der Waals surface area contributed by atoms with Gasteiger partial charge in [-0.15, -0.1) is 0 Å². The Balaban J connectivity index is 2.20. The van der Waals surface area contributed by atoms with Crippen molar-refractivity contribution in [2.24, 2.45) is 0 Å². The first-order valence-electron chi connectivity index (χ1n) is 12.3. The lowest BCUT2D eigenvalue weighted by molar-refractivity contribution is -0.271. The second-order valence-electron chi connectivity index (χ2n) is 9.07. The Bertz CT molecular complexity index is 918. The van der Waals surface area contributed by atoms with Crippen LogP contribution in [-0.2, 0) is 20.7 Å². The number of hydrogen-bond acceptors (Lipinski definition) is 10. The number of hydrogen-bond donors (Lipinski definition) is 6. The van der Waals surface area contributed by atoms with Gasteiger partial charge >= 0.3 is 11.9 Å². The van der Waals surface area contributed by atoms with Gasteiger partial charge in [-0.2, -0.15) is 0 Å². The van der Waals surface area contributed by atoms with E-state index < -0.39 is 42.6 Å². The summed E-state index contributed by atoms with van der Waals surface area (Å²) < 4.78 is 21.8. The van der Waals surface area contributed by atoms with Crippen molar-refractivity contribution < 1.29 is 59.2 Å². The van der Waals surface area contributed by atoms with E-state index in [2.05, 4.69) is 0 Å². The fourth-order valence-corrected chi connectivity index (χ4v) is 4.36. The maximum atomic E-state index is 11.5. The molecule has 1 saturated heterocycles. The molecule has 0 aromatic heterocycles. The van der Waals surface area contributed by atoms with Gasteiger partial charge in [-0.25, -0.2) is 4.79 Å². The lowest BCUT2D eigenvalue weighted by Gasteiger charge is -2.39. The van der Waals surface area contributed by atoms with Crippen molar-refractivity contribution in [1.29, 1.82) is 0 Å². The van der Waals surface area contributed by atoms with Gasteiger partial charge in [0.15, 0.2) is 17.6 Å². The van der Waals surface area contributed by atoms with Crippen molar-refractivity contribution in [2.45, 2.75) is 95.4 Å². The van der Waals surface area contributed by atoms with Crippen molar-refractivity contribution >= 4 is 11.9 Å². The number of rotatable bonds is 15. The van der Waals surface area contributed by atoms with Gasteiger partial charge in [-0.05, 0) is 26.2 Å². The number of carboxylic acid groups (broad SMARTS) is 2. The molecule has 210 valence electrons. The molecule has 0 aliphatic carbocycles. The van der Waals surface area contributed by atoms with Crippen LogP contribution in [0.1, 0.15) is 62.5 Å². The highest BCUT2D eigenvalue weighted by Gasteiger charge is 2.48. The number of ether oxygens (including phenoxy) is 4. The molecule has 0 radical (unpaired) electrons. The van der Waals surface area contributed by atoms with Gasteiger partial charge in [0.2, 0.25) is 17.8 Å². The van der Waals surface area contributed by atoms with E-state index in [1.807, 2.05) is 0 Å². The smallest absolute Gasteiger partial charge is 0.335 e. The predicted octanol–water partition coefficient (Wildman–Crippen LogP) is 1.74. The fraction of sp³-hybridized carbons (Fsp3) is 0.680. The quantitative estimate of drug-likeness (QED) is 0.180. The summed E-state index contributed by atoms with van der Waals surface area (Å²) >= 11 is 0. The van der Waals surface area contributed by atoms with Gasteiger partial charge in [-0.1, -0.05) is 32.1 Å². The molecule has 1 fully saturated rings. The standard InChI is InChI=1S/C25H38O12/c1-13-14(11-9-7-5-4-6-8-10-12-15(26)27)20(23(35-3)21(34-2)16(13)28)36-25-19(31)17(29)18(30)22(37-25)24(32)33/h17-19,22,25,28-31H,4-12H2,1-3H3,(H,26,27)(H,32,33)/t17-,18-,19+,22-,25+/m0/s1. The van der Waals surface area contributed by atoms with Crippen molar-refractivity contribution in [3.8, 4) is 23.0 Å². The minimum Gasteiger partial charge on any atom is -0.504 e. The zero-order valence-electron chi connectivity index (χ0n) is 21.4. The third kappa shape index (κ3) is 7.60. The third-order valence-corrected chi connectivity index (χ3v) is 6.48. The third-order valence-electron chi connectivity index (χ3n) is 6.48. The molecule has 6 N–H and O–H groups in total. The van der Waals surface area contributed by atoms with Crippen LogP contribution in [0.2, 0.25) is 0 Å². The van der Waals surface area contributed by atoms with Gasteiger partial charge in [0.05, 0.1) is 14.2 Å². The molecular weight excluding hydrogens is 492 g/mol. The SMILES string of the molecule is COc1c(O)c(C)c(CCCCCCCCCC(=O)O)c(O[C@@H]2O[C@H](C(=O)O)[C@@H](O)[C@H](O)[C@H]2O)c1OC. The normalized spacial score (nSPS) is 23.5. The van der Waals surface area contributed by atoms with Crippen LogP contribution in [0, 0.1) is 6.92 Å². The Morgan fingerprint density at radius 2 is 1.38 bits per heavy atom. The highest BCUT2D eigenvalue weighted by atomic mass is 16.7. The summed E-state index contributed by atoms with van der Waals surface area (Å²) in [5.74, 6) is -2.46. The molecule has 0 bridgehead atoms. The monoisotopic (exact) mass is 530 g/mol. The molecule has 1 aromatic carbocycles. The highest BCUT2D eigenvalue weighted by molar-refractivity contribution is 5.73. The number of aromatic hydroxyl groups is 1. The Labute approximate surface area is 215 Å². The topological polar surface area (TPSA) is 192 Å². The number of aliphatic carboxylic acids is 2. The van der Waals surface area contributed by atoms with Gasteiger partial charge in [0.25, 0.3) is 0 Å². The predicted molar refractivity (Wildman–Crippen MR) is 129 cm³/mol. The molecule has 1 aliphatic rings. The molecule has 37 heavy (non-hydrogen) atoms. The molecule has 0 spiro atoms. The number of aliphatic hydroxyl groups excluding tert-OH is 3. The van der Waals surface area contributed by atoms with Gasteiger partial charge in [-0.3, -0.25) is 4.79 Å². The van der Waals surface area contributed by atoms with E-state index >= 15 is 0 Å². The minimum absolute atomic E-state index is 0.00215. The van der Waals surface area contributed by atoms with Crippen LogP contribution >= 0.6 is 0 Å². The van der Waals surface area contributed by atoms with Crippen LogP contribution < -0.4 is 14.2 Å². The molecule has 12 nitrogen and oxygen atoms in total. The first-order chi connectivity index (χ1) is 17.5. The average molecular weight is 531 g/mol. The molecule has 1 heterocycles. The number of carbonyl (C=O) groups is 2. The number of aliphatic hydroxyl groups is 3. The second-order valence-corrected chi connectivity index (χ2v) is 9.07. The first kappa shape index (κ1) is 30.4. The van der Waals surface area contributed by atoms with Gasteiger partial charge in [0.1, 0.15) is 18.3 Å². The van der Waals surface area contributed by atoms with E-state index in [-0.39, 0.29) is 29.4 Å². The summed E-state index contributed by atoms with van der Waals surface area (Å²) in [4.78, 5) is 22.1. The number of methoxy groups -OCH3 is 2.